The maximum absolute atomic E-state index is 15.2. The number of rotatable bonds is 6. The number of pyridine rings is 1. The Labute approximate surface area is 195 Å². The number of anilines is 1. The molecule has 2 fully saturated rings. The fourth-order valence-corrected chi connectivity index (χ4v) is 4.14. The van der Waals surface area contributed by atoms with Gasteiger partial charge in [-0.1, -0.05) is 0 Å². The molecule has 186 valence electrons. The predicted octanol–water partition coefficient (Wildman–Crippen LogP) is 1.82. The monoisotopic (exact) mass is 479 g/mol. The second kappa shape index (κ2) is 10.4. The molecule has 1 saturated heterocycles. The van der Waals surface area contributed by atoms with Gasteiger partial charge in [0.15, 0.2) is 11.6 Å². The Hall–Kier alpha value is -3.18. The zero-order valence-corrected chi connectivity index (χ0v) is 19.4. The maximum Gasteiger partial charge on any atom is 0.341 e. The highest BCUT2D eigenvalue weighted by Gasteiger charge is 2.32. The molecule has 2 heterocycles. The number of methoxy groups -OCH3 is 1. The standard InChI is InChI=1S/C20H24FN3O4.C3H6O3/c1-22-11-4-3-7-23(9-11)17-15(21)8-13-16(19(17)28-2)24(12-5-6-12)10-14(18(13)25)20(26)27;1-2(4)3(5)6/h8,10-12,22H,3-7,9H2,1-2H3,(H,26,27);2,4H,1H3,(H,5,6). The average Bonchev–Trinajstić information content (AvgIpc) is 3.64. The molecule has 1 aromatic carbocycles. The number of carboxylic acids is 2. The average molecular weight is 480 g/mol. The first kappa shape index (κ1) is 25.4. The number of aromatic nitrogens is 1. The van der Waals surface area contributed by atoms with E-state index in [9.17, 15) is 19.5 Å². The van der Waals surface area contributed by atoms with Crippen molar-refractivity contribution in [1.82, 2.24) is 9.88 Å². The highest BCUT2D eigenvalue weighted by Crippen LogP contribution is 2.44. The molecule has 2 atom stereocenters. The number of aliphatic hydroxyl groups is 1. The summed E-state index contributed by atoms with van der Waals surface area (Å²) >= 11 is 0. The topological polar surface area (TPSA) is 141 Å². The number of hydrogen-bond donors (Lipinski definition) is 4. The molecule has 10 nitrogen and oxygen atoms in total. The van der Waals surface area contributed by atoms with Gasteiger partial charge in [0.25, 0.3) is 0 Å². The first-order valence-electron chi connectivity index (χ1n) is 11.1. The number of likely N-dealkylation sites (N-methyl/N-ethyl adjacent to an activating group) is 1. The summed E-state index contributed by atoms with van der Waals surface area (Å²) in [5.41, 5.74) is -0.216. The van der Waals surface area contributed by atoms with Crippen LogP contribution in [0.5, 0.6) is 5.75 Å². The molecule has 0 amide bonds. The summed E-state index contributed by atoms with van der Waals surface area (Å²) in [6.45, 7) is 2.52. The van der Waals surface area contributed by atoms with Crippen molar-refractivity contribution in [2.75, 3.05) is 32.1 Å². The molecule has 1 aromatic heterocycles. The lowest BCUT2D eigenvalue weighted by Gasteiger charge is -2.35. The molecule has 0 radical (unpaired) electrons. The van der Waals surface area contributed by atoms with Crippen molar-refractivity contribution in [1.29, 1.82) is 0 Å². The first-order chi connectivity index (χ1) is 16.1. The van der Waals surface area contributed by atoms with Crippen molar-refractivity contribution in [2.24, 2.45) is 0 Å². The first-order valence-corrected chi connectivity index (χ1v) is 11.1. The summed E-state index contributed by atoms with van der Waals surface area (Å²) in [7, 11) is 3.35. The van der Waals surface area contributed by atoms with Crippen LogP contribution in [0.4, 0.5) is 10.1 Å². The molecule has 4 N–H and O–H groups in total. The summed E-state index contributed by atoms with van der Waals surface area (Å²) in [6, 6.07) is 1.51. The van der Waals surface area contributed by atoms with Gasteiger partial charge in [-0.05, 0) is 45.7 Å². The number of aliphatic hydroxyl groups excluding tert-OH is 1. The third-order valence-corrected chi connectivity index (χ3v) is 6.08. The van der Waals surface area contributed by atoms with E-state index in [0.29, 0.717) is 30.0 Å². The molecule has 11 heteroatoms. The number of aromatic carboxylic acids is 1. The highest BCUT2D eigenvalue weighted by molar-refractivity contribution is 5.97. The number of benzene rings is 1. The van der Waals surface area contributed by atoms with Gasteiger partial charge in [0, 0.05) is 31.4 Å². The van der Waals surface area contributed by atoms with E-state index >= 15 is 4.39 Å². The van der Waals surface area contributed by atoms with Crippen molar-refractivity contribution in [2.45, 2.75) is 50.8 Å². The summed E-state index contributed by atoms with van der Waals surface area (Å²) in [5.74, 6) is -2.76. The second-order valence-electron chi connectivity index (χ2n) is 8.54. The van der Waals surface area contributed by atoms with Crippen LogP contribution in [-0.2, 0) is 4.79 Å². The van der Waals surface area contributed by atoms with Crippen molar-refractivity contribution in [3.8, 4) is 5.75 Å². The molecular weight excluding hydrogens is 449 g/mol. The maximum atomic E-state index is 15.2. The number of nitrogens with one attached hydrogen (secondary N) is 1. The van der Waals surface area contributed by atoms with Gasteiger partial charge in [0.05, 0.1) is 18.0 Å². The molecule has 2 aliphatic rings. The van der Waals surface area contributed by atoms with Crippen LogP contribution in [0.25, 0.3) is 10.9 Å². The molecular formula is C23H30FN3O7. The van der Waals surface area contributed by atoms with E-state index in [1.54, 1.807) is 4.57 Å². The third kappa shape index (κ3) is 5.15. The van der Waals surface area contributed by atoms with Gasteiger partial charge in [-0.2, -0.15) is 0 Å². The number of ether oxygens (including phenoxy) is 1. The number of fused-ring (bicyclic) bond motifs is 1. The number of carboxylic acid groups (broad SMARTS) is 2. The molecule has 2 unspecified atom stereocenters. The van der Waals surface area contributed by atoms with E-state index in [1.165, 1.54) is 26.3 Å². The van der Waals surface area contributed by atoms with Crippen LogP contribution in [0.1, 0.15) is 49.0 Å². The Bertz CT molecular complexity index is 1140. The van der Waals surface area contributed by atoms with Gasteiger partial charge in [0.1, 0.15) is 17.4 Å². The lowest BCUT2D eigenvalue weighted by molar-refractivity contribution is -0.145. The largest absolute Gasteiger partial charge is 0.492 e. The Morgan fingerprint density at radius 2 is 1.91 bits per heavy atom. The molecule has 0 bridgehead atoms. The Balaban J connectivity index is 0.000000481. The minimum atomic E-state index is -1.31. The van der Waals surface area contributed by atoms with E-state index in [0.717, 1.165) is 25.7 Å². The van der Waals surface area contributed by atoms with Crippen LogP contribution in [0.2, 0.25) is 0 Å². The molecule has 1 aliphatic heterocycles. The number of aliphatic carboxylic acids is 1. The van der Waals surface area contributed by atoms with Crippen LogP contribution in [0.15, 0.2) is 17.1 Å². The highest BCUT2D eigenvalue weighted by atomic mass is 19.1. The summed E-state index contributed by atoms with van der Waals surface area (Å²) in [6.07, 6.45) is 3.85. The lowest BCUT2D eigenvalue weighted by atomic mass is 10.0. The number of nitrogens with zero attached hydrogens (tertiary/aromatic N) is 2. The fraction of sp³-hybridized carbons (Fsp3) is 0.522. The predicted molar refractivity (Wildman–Crippen MR) is 124 cm³/mol. The van der Waals surface area contributed by atoms with E-state index in [1.807, 2.05) is 11.9 Å². The van der Waals surface area contributed by atoms with E-state index in [4.69, 9.17) is 14.9 Å². The van der Waals surface area contributed by atoms with Gasteiger partial charge < -0.3 is 34.8 Å². The molecule has 34 heavy (non-hydrogen) atoms. The summed E-state index contributed by atoms with van der Waals surface area (Å²) in [4.78, 5) is 35.7. The van der Waals surface area contributed by atoms with Gasteiger partial charge in [-0.25, -0.2) is 14.0 Å². The van der Waals surface area contributed by atoms with Crippen molar-refractivity contribution < 1.29 is 34.0 Å². The second-order valence-corrected chi connectivity index (χ2v) is 8.54. The molecule has 0 spiro atoms. The number of piperidine rings is 1. The molecule has 1 saturated carbocycles. The van der Waals surface area contributed by atoms with Crippen molar-refractivity contribution >= 4 is 28.5 Å². The van der Waals surface area contributed by atoms with Gasteiger partial charge in [-0.15, -0.1) is 0 Å². The van der Waals surface area contributed by atoms with E-state index < -0.39 is 29.3 Å². The minimum Gasteiger partial charge on any atom is -0.492 e. The lowest BCUT2D eigenvalue weighted by Crippen LogP contribution is -2.45. The zero-order valence-electron chi connectivity index (χ0n) is 19.4. The van der Waals surface area contributed by atoms with Crippen molar-refractivity contribution in [3.63, 3.8) is 0 Å². The van der Waals surface area contributed by atoms with E-state index in [2.05, 4.69) is 5.32 Å². The fourth-order valence-electron chi connectivity index (χ4n) is 4.14. The van der Waals surface area contributed by atoms with E-state index in [-0.39, 0.29) is 23.0 Å². The molecule has 4 rings (SSSR count). The SMILES string of the molecule is CC(O)C(=O)O.CNC1CCCN(c2c(F)cc3c(=O)c(C(=O)O)cn(C4CC4)c3c2OC)C1. The quantitative estimate of drug-likeness (QED) is 0.488. The number of carbonyl (C=O) groups is 2. The smallest absolute Gasteiger partial charge is 0.341 e. The Kier molecular flexibility index (Phi) is 7.78. The molecule has 2 aromatic rings. The zero-order chi connectivity index (χ0) is 25.2. The molecule has 1 aliphatic carbocycles. The van der Waals surface area contributed by atoms with Crippen LogP contribution < -0.4 is 20.4 Å². The Morgan fingerprint density at radius 3 is 2.41 bits per heavy atom. The van der Waals surface area contributed by atoms with Gasteiger partial charge >= 0.3 is 11.9 Å². The van der Waals surface area contributed by atoms with Crippen LogP contribution >= 0.6 is 0 Å². The summed E-state index contributed by atoms with van der Waals surface area (Å²) < 4.78 is 22.6. The summed E-state index contributed by atoms with van der Waals surface area (Å²) in [5, 5.41) is 28.5. The number of hydrogen-bond acceptors (Lipinski definition) is 7. The number of halogens is 1. The van der Waals surface area contributed by atoms with Gasteiger partial charge in [-0.3, -0.25) is 4.79 Å². The van der Waals surface area contributed by atoms with Crippen molar-refractivity contribution in [3.05, 3.63) is 33.9 Å². The van der Waals surface area contributed by atoms with Crippen LogP contribution in [0.3, 0.4) is 0 Å². The Morgan fingerprint density at radius 1 is 1.26 bits per heavy atom. The minimum absolute atomic E-state index is 0.0482. The normalized spacial score (nSPS) is 18.7. The van der Waals surface area contributed by atoms with Gasteiger partial charge in [0.2, 0.25) is 5.43 Å². The van der Waals surface area contributed by atoms with Crippen LogP contribution in [-0.4, -0.2) is 71.2 Å². The van der Waals surface area contributed by atoms with Crippen LogP contribution in [0, 0.1) is 5.82 Å². The third-order valence-electron chi connectivity index (χ3n) is 6.08.